The second kappa shape index (κ2) is 12.6. The summed E-state index contributed by atoms with van der Waals surface area (Å²) in [6, 6.07) is 0. The molecule has 0 saturated carbocycles. The van der Waals surface area contributed by atoms with Crippen molar-refractivity contribution >= 4 is 23.7 Å². The van der Waals surface area contributed by atoms with E-state index in [2.05, 4.69) is 41.1 Å². The third-order valence-electron chi connectivity index (χ3n) is 2.65. The normalized spacial score (nSPS) is 12.1. The van der Waals surface area contributed by atoms with Gasteiger partial charge in [0.1, 0.15) is 5.16 Å². The Balaban J connectivity index is 3.76. The molecule has 0 radical (unpaired) electrons. The number of carbonyl (C=O) groups is 1. The predicted octanol–water partition coefficient (Wildman–Crippen LogP) is 2.11. The van der Waals surface area contributed by atoms with Gasteiger partial charge in [-0.1, -0.05) is 25.1 Å². The molecule has 0 rings (SSSR count). The fourth-order valence-electron chi connectivity index (χ4n) is 1.67. The van der Waals surface area contributed by atoms with Gasteiger partial charge in [-0.2, -0.15) is 0 Å². The summed E-state index contributed by atoms with van der Waals surface area (Å²) in [5, 5.41) is 6.20. The molecule has 21 heavy (non-hydrogen) atoms. The van der Waals surface area contributed by atoms with Crippen molar-refractivity contribution in [2.24, 2.45) is 4.99 Å². The number of amides is 1. The zero-order chi connectivity index (χ0) is 16.1. The monoisotopic (exact) mass is 314 g/mol. The molecular formula is C15H27ClN4O. The lowest BCUT2D eigenvalue weighted by atomic mass is 10.3. The van der Waals surface area contributed by atoms with Gasteiger partial charge in [0.05, 0.1) is 0 Å². The molecule has 6 heteroatoms. The molecule has 0 aromatic rings. The number of allylic oxidation sites excluding steroid dienone is 1. The van der Waals surface area contributed by atoms with Gasteiger partial charge < -0.3 is 15.5 Å². The molecule has 2 N–H and O–H groups in total. The molecule has 0 aliphatic carbocycles. The maximum absolute atomic E-state index is 11.7. The van der Waals surface area contributed by atoms with Gasteiger partial charge in [0.15, 0.2) is 0 Å². The molecule has 0 aliphatic rings. The van der Waals surface area contributed by atoms with Crippen molar-refractivity contribution in [1.82, 2.24) is 15.5 Å². The van der Waals surface area contributed by atoms with Crippen LogP contribution in [0.25, 0.3) is 0 Å². The number of hydrogen-bond acceptors (Lipinski definition) is 4. The van der Waals surface area contributed by atoms with E-state index in [0.29, 0.717) is 23.8 Å². The third-order valence-corrected chi connectivity index (χ3v) is 2.86. The summed E-state index contributed by atoms with van der Waals surface area (Å²) >= 11 is 5.79. The Kier molecular flexibility index (Phi) is 11.9. The van der Waals surface area contributed by atoms with Gasteiger partial charge in [-0.15, -0.1) is 0 Å². The van der Waals surface area contributed by atoms with E-state index in [4.69, 9.17) is 11.6 Å². The van der Waals surface area contributed by atoms with Crippen LogP contribution in [-0.2, 0) is 4.79 Å². The van der Waals surface area contributed by atoms with Crippen molar-refractivity contribution in [2.75, 3.05) is 33.2 Å². The highest BCUT2D eigenvalue weighted by atomic mass is 35.5. The van der Waals surface area contributed by atoms with Crippen molar-refractivity contribution in [3.8, 4) is 0 Å². The molecular weight excluding hydrogens is 288 g/mol. The van der Waals surface area contributed by atoms with E-state index in [-0.39, 0.29) is 5.91 Å². The van der Waals surface area contributed by atoms with E-state index < -0.39 is 0 Å². The summed E-state index contributed by atoms with van der Waals surface area (Å²) in [6.45, 7) is 11.2. The van der Waals surface area contributed by atoms with E-state index in [1.54, 1.807) is 13.1 Å². The fourth-order valence-corrected chi connectivity index (χ4v) is 1.90. The number of hydrogen-bond donors (Lipinski definition) is 2. The van der Waals surface area contributed by atoms with Gasteiger partial charge in [-0.25, -0.2) is 4.99 Å². The zero-order valence-corrected chi connectivity index (χ0v) is 14.0. The number of likely N-dealkylation sites (N-methyl/N-ethyl adjacent to an activating group) is 1. The molecule has 0 atom stereocenters. The standard InChI is InChI=1S/C15H27ClN4O/c1-5-10-20(4)11-9-17-8-7-15(21)19-13(3)12-14(16)18-6-2/h6,12,17H,3,5,7-11H2,1-2,4H3,(H,19,21)/b14-12-,18-6-. The van der Waals surface area contributed by atoms with Crippen molar-refractivity contribution in [3.63, 3.8) is 0 Å². The maximum atomic E-state index is 11.7. The van der Waals surface area contributed by atoms with E-state index >= 15 is 0 Å². The first-order valence-corrected chi connectivity index (χ1v) is 7.61. The second-order valence-corrected chi connectivity index (χ2v) is 5.12. The summed E-state index contributed by atoms with van der Waals surface area (Å²) in [7, 11) is 2.09. The smallest absolute Gasteiger partial charge is 0.225 e. The molecule has 0 aromatic carbocycles. The highest BCUT2D eigenvalue weighted by Gasteiger charge is 2.02. The molecule has 0 aliphatic heterocycles. The van der Waals surface area contributed by atoms with Crippen molar-refractivity contribution < 1.29 is 4.79 Å². The van der Waals surface area contributed by atoms with Crippen LogP contribution in [0, 0.1) is 0 Å². The van der Waals surface area contributed by atoms with Crippen molar-refractivity contribution in [3.05, 3.63) is 23.5 Å². The Morgan fingerprint density at radius 3 is 2.71 bits per heavy atom. The van der Waals surface area contributed by atoms with E-state index in [0.717, 1.165) is 26.1 Å². The number of nitrogens with one attached hydrogen (secondary N) is 2. The molecule has 120 valence electrons. The van der Waals surface area contributed by atoms with Crippen LogP contribution in [0.5, 0.6) is 0 Å². The molecule has 1 amide bonds. The highest BCUT2D eigenvalue weighted by molar-refractivity contribution is 6.29. The SMILES string of the molecule is C=C(/C=C(Cl)\N=C/C)NC(=O)CCNCCN(C)CCC. The van der Waals surface area contributed by atoms with Crippen LogP contribution < -0.4 is 10.6 Å². The van der Waals surface area contributed by atoms with Gasteiger partial charge in [-0.3, -0.25) is 4.79 Å². The van der Waals surface area contributed by atoms with E-state index in [1.807, 2.05) is 0 Å². The number of carbonyl (C=O) groups excluding carboxylic acids is 1. The van der Waals surface area contributed by atoms with Gasteiger partial charge in [0.25, 0.3) is 0 Å². The zero-order valence-electron chi connectivity index (χ0n) is 13.3. The Morgan fingerprint density at radius 2 is 2.10 bits per heavy atom. The van der Waals surface area contributed by atoms with E-state index in [1.165, 1.54) is 6.08 Å². The summed E-state index contributed by atoms with van der Waals surface area (Å²) in [5.41, 5.74) is 0.443. The van der Waals surface area contributed by atoms with Crippen LogP contribution in [-0.4, -0.2) is 50.2 Å². The molecule has 0 spiro atoms. The molecule has 0 saturated heterocycles. The number of halogens is 1. The number of aliphatic imine (C=N–C) groups is 1. The molecule has 0 bridgehead atoms. The van der Waals surface area contributed by atoms with Gasteiger partial charge in [0.2, 0.25) is 5.91 Å². The van der Waals surface area contributed by atoms with Gasteiger partial charge in [-0.05, 0) is 33.0 Å². The number of nitrogens with zero attached hydrogens (tertiary/aromatic N) is 2. The fraction of sp³-hybridized carbons (Fsp3) is 0.600. The minimum Gasteiger partial charge on any atom is -0.327 e. The second-order valence-electron chi connectivity index (χ2n) is 4.73. The minimum atomic E-state index is -0.0874. The molecule has 5 nitrogen and oxygen atoms in total. The largest absolute Gasteiger partial charge is 0.327 e. The lowest BCUT2D eigenvalue weighted by molar-refractivity contribution is -0.120. The predicted molar refractivity (Wildman–Crippen MR) is 90.7 cm³/mol. The molecule has 0 unspecified atom stereocenters. The Bertz CT molecular complexity index is 380. The summed E-state index contributed by atoms with van der Waals surface area (Å²) in [4.78, 5) is 17.8. The lowest BCUT2D eigenvalue weighted by Gasteiger charge is -2.15. The molecule has 0 aromatic heterocycles. The average molecular weight is 315 g/mol. The minimum absolute atomic E-state index is 0.0874. The molecule has 0 fully saturated rings. The van der Waals surface area contributed by atoms with Crippen LogP contribution >= 0.6 is 11.6 Å². The van der Waals surface area contributed by atoms with Crippen LogP contribution in [0.2, 0.25) is 0 Å². The third kappa shape index (κ3) is 12.3. The van der Waals surface area contributed by atoms with E-state index in [9.17, 15) is 4.79 Å². The Hall–Kier alpha value is -1.17. The lowest BCUT2D eigenvalue weighted by Crippen LogP contribution is -2.32. The van der Waals surface area contributed by atoms with Crippen LogP contribution in [0.4, 0.5) is 0 Å². The Morgan fingerprint density at radius 1 is 1.38 bits per heavy atom. The van der Waals surface area contributed by atoms with Crippen LogP contribution in [0.3, 0.4) is 0 Å². The first-order valence-electron chi connectivity index (χ1n) is 7.23. The number of rotatable bonds is 11. The quantitative estimate of drug-likeness (QED) is 0.266. The van der Waals surface area contributed by atoms with Crippen LogP contribution in [0.15, 0.2) is 28.5 Å². The summed E-state index contributed by atoms with van der Waals surface area (Å²) in [5.74, 6) is -0.0874. The first-order chi connectivity index (χ1) is 9.99. The van der Waals surface area contributed by atoms with Crippen LogP contribution in [0.1, 0.15) is 26.7 Å². The van der Waals surface area contributed by atoms with Gasteiger partial charge in [0, 0.05) is 38.0 Å². The molecule has 0 heterocycles. The van der Waals surface area contributed by atoms with Crippen molar-refractivity contribution in [1.29, 1.82) is 0 Å². The summed E-state index contributed by atoms with van der Waals surface area (Å²) < 4.78 is 0. The Labute approximate surface area is 133 Å². The topological polar surface area (TPSA) is 56.7 Å². The first kappa shape index (κ1) is 19.8. The van der Waals surface area contributed by atoms with Crippen molar-refractivity contribution in [2.45, 2.75) is 26.7 Å². The van der Waals surface area contributed by atoms with Gasteiger partial charge >= 0.3 is 0 Å². The maximum Gasteiger partial charge on any atom is 0.225 e. The average Bonchev–Trinajstić information content (AvgIpc) is 2.38. The highest BCUT2D eigenvalue weighted by Crippen LogP contribution is 2.04. The summed E-state index contributed by atoms with van der Waals surface area (Å²) in [6.07, 6.45) is 4.65.